The summed E-state index contributed by atoms with van der Waals surface area (Å²) < 4.78 is 0. The smallest absolute Gasteiger partial charge is 0.258 e. The van der Waals surface area contributed by atoms with Crippen molar-refractivity contribution in [3.8, 4) is 11.1 Å². The number of rotatable bonds is 5. The Morgan fingerprint density at radius 1 is 0.725 bits per heavy atom. The van der Waals surface area contributed by atoms with Gasteiger partial charge < -0.3 is 0 Å². The van der Waals surface area contributed by atoms with Gasteiger partial charge in [-0.2, -0.15) is 5.10 Å². The molecule has 0 radical (unpaired) electrons. The molecule has 0 saturated heterocycles. The van der Waals surface area contributed by atoms with E-state index in [1.165, 1.54) is 5.56 Å². The lowest BCUT2D eigenvalue weighted by Gasteiger charge is -2.24. The van der Waals surface area contributed by atoms with Crippen LogP contribution in [0.1, 0.15) is 40.3 Å². The fourth-order valence-corrected chi connectivity index (χ4v) is 5.74. The van der Waals surface area contributed by atoms with Crippen LogP contribution >= 0.6 is 0 Å². The SMILES string of the molecule is O=[N+]([O-])c1ccc2c(c1)/C(=C\c1ccc(N3N=C(c4ccccc4)CC3c3ccccc3)cc1)c1ccccc1-2. The van der Waals surface area contributed by atoms with Gasteiger partial charge in [-0.05, 0) is 68.8 Å². The molecule has 5 aromatic carbocycles. The molecule has 0 spiro atoms. The van der Waals surface area contributed by atoms with Crippen molar-refractivity contribution < 1.29 is 4.92 Å². The molecule has 2 aliphatic rings. The van der Waals surface area contributed by atoms with Crippen LogP contribution in [-0.4, -0.2) is 10.6 Å². The van der Waals surface area contributed by atoms with E-state index in [1.54, 1.807) is 12.1 Å². The van der Waals surface area contributed by atoms with Gasteiger partial charge in [0.1, 0.15) is 0 Å². The van der Waals surface area contributed by atoms with Crippen molar-refractivity contribution in [2.45, 2.75) is 12.5 Å². The molecule has 0 saturated carbocycles. The average molecular weight is 520 g/mol. The van der Waals surface area contributed by atoms with Gasteiger partial charge >= 0.3 is 0 Å². The van der Waals surface area contributed by atoms with E-state index in [1.807, 2.05) is 42.5 Å². The molecule has 0 bridgehead atoms. The second-order valence-corrected chi connectivity index (χ2v) is 10.1. The van der Waals surface area contributed by atoms with Crippen LogP contribution in [0.2, 0.25) is 0 Å². The number of nitro groups is 1. The first-order valence-electron chi connectivity index (χ1n) is 13.3. The van der Waals surface area contributed by atoms with E-state index in [-0.39, 0.29) is 16.7 Å². The highest BCUT2D eigenvalue weighted by atomic mass is 16.6. The molecule has 1 aliphatic heterocycles. The summed E-state index contributed by atoms with van der Waals surface area (Å²) in [7, 11) is 0. The van der Waals surface area contributed by atoms with Gasteiger partial charge in [-0.3, -0.25) is 15.1 Å². The highest BCUT2D eigenvalue weighted by Gasteiger charge is 2.30. The molecular formula is C35H25N3O2. The number of hydrogen-bond acceptors (Lipinski definition) is 4. The first-order chi connectivity index (χ1) is 19.7. The van der Waals surface area contributed by atoms with Crippen LogP contribution in [0.3, 0.4) is 0 Å². The normalized spacial score (nSPS) is 16.5. The number of fused-ring (bicyclic) bond motifs is 3. The van der Waals surface area contributed by atoms with E-state index in [9.17, 15) is 10.1 Å². The van der Waals surface area contributed by atoms with Gasteiger partial charge in [-0.1, -0.05) is 97.1 Å². The fourth-order valence-electron chi connectivity index (χ4n) is 5.74. The second-order valence-electron chi connectivity index (χ2n) is 10.1. The number of benzene rings is 5. The third kappa shape index (κ3) is 4.18. The van der Waals surface area contributed by atoms with Crippen molar-refractivity contribution in [3.05, 3.63) is 165 Å². The minimum atomic E-state index is -0.334. The molecule has 192 valence electrons. The van der Waals surface area contributed by atoms with Crippen LogP contribution in [0.5, 0.6) is 0 Å². The molecule has 0 amide bonds. The summed E-state index contributed by atoms with van der Waals surface area (Å²) in [6.07, 6.45) is 2.95. The summed E-state index contributed by atoms with van der Waals surface area (Å²) in [4.78, 5) is 11.2. The first kappa shape index (κ1) is 23.8. The van der Waals surface area contributed by atoms with Crippen LogP contribution in [0.15, 0.2) is 132 Å². The minimum absolute atomic E-state index is 0.0980. The number of nitro benzene ring substituents is 1. The molecule has 1 heterocycles. The lowest BCUT2D eigenvalue weighted by molar-refractivity contribution is -0.384. The van der Waals surface area contributed by atoms with Crippen molar-refractivity contribution in [1.29, 1.82) is 0 Å². The van der Waals surface area contributed by atoms with Crippen LogP contribution < -0.4 is 5.01 Å². The summed E-state index contributed by atoms with van der Waals surface area (Å²) in [6, 6.07) is 42.7. The Morgan fingerprint density at radius 2 is 1.38 bits per heavy atom. The third-order valence-electron chi connectivity index (χ3n) is 7.68. The highest BCUT2D eigenvalue weighted by molar-refractivity contribution is 6.07. The number of hydrazone groups is 1. The molecule has 1 atom stereocenters. The van der Waals surface area contributed by atoms with E-state index >= 15 is 0 Å². The molecule has 0 N–H and O–H groups in total. The molecule has 0 fully saturated rings. The lowest BCUT2D eigenvalue weighted by atomic mass is 9.98. The lowest BCUT2D eigenvalue weighted by Crippen LogP contribution is -2.18. The number of nitrogens with zero attached hydrogens (tertiary/aromatic N) is 3. The number of hydrogen-bond donors (Lipinski definition) is 0. The van der Waals surface area contributed by atoms with Gasteiger partial charge in [-0.15, -0.1) is 0 Å². The maximum Gasteiger partial charge on any atom is 0.270 e. The Hall–Kier alpha value is -5.29. The van der Waals surface area contributed by atoms with E-state index in [0.717, 1.165) is 56.8 Å². The average Bonchev–Trinajstić information content (AvgIpc) is 3.59. The van der Waals surface area contributed by atoms with Gasteiger partial charge in [0.15, 0.2) is 0 Å². The van der Waals surface area contributed by atoms with Gasteiger partial charge in [-0.25, -0.2) is 0 Å². The summed E-state index contributed by atoms with van der Waals surface area (Å²) in [6.45, 7) is 0. The van der Waals surface area contributed by atoms with Gasteiger partial charge in [0.25, 0.3) is 5.69 Å². The fraction of sp³-hybridized carbons (Fsp3) is 0.0571. The zero-order valence-electron chi connectivity index (χ0n) is 21.6. The molecule has 7 rings (SSSR count). The summed E-state index contributed by atoms with van der Waals surface area (Å²) >= 11 is 0. The van der Waals surface area contributed by atoms with E-state index in [0.29, 0.717) is 0 Å². The van der Waals surface area contributed by atoms with Crippen LogP contribution in [0.25, 0.3) is 22.8 Å². The molecule has 5 aromatic rings. The Kier molecular flexibility index (Phi) is 5.82. The maximum absolute atomic E-state index is 11.5. The van der Waals surface area contributed by atoms with E-state index < -0.39 is 0 Å². The molecule has 1 aliphatic carbocycles. The molecule has 40 heavy (non-hydrogen) atoms. The number of non-ortho nitro benzene ring substituents is 1. The monoisotopic (exact) mass is 519 g/mol. The topological polar surface area (TPSA) is 58.7 Å². The first-order valence-corrected chi connectivity index (χ1v) is 13.3. The predicted octanol–water partition coefficient (Wildman–Crippen LogP) is 8.52. The largest absolute Gasteiger partial charge is 0.270 e. The van der Waals surface area contributed by atoms with Gasteiger partial charge in [0.2, 0.25) is 0 Å². The Bertz CT molecular complexity index is 1790. The molecule has 5 nitrogen and oxygen atoms in total. The van der Waals surface area contributed by atoms with Crippen molar-refractivity contribution in [3.63, 3.8) is 0 Å². The van der Waals surface area contributed by atoms with Crippen molar-refractivity contribution in [1.82, 2.24) is 0 Å². The Balaban J connectivity index is 1.26. The van der Waals surface area contributed by atoms with Crippen molar-refractivity contribution in [2.24, 2.45) is 5.10 Å². The second kappa shape index (κ2) is 9.79. The number of anilines is 1. The Morgan fingerprint density at radius 3 is 2.10 bits per heavy atom. The molecule has 5 heteroatoms. The van der Waals surface area contributed by atoms with Crippen molar-refractivity contribution in [2.75, 3.05) is 5.01 Å². The predicted molar refractivity (Wildman–Crippen MR) is 161 cm³/mol. The van der Waals surface area contributed by atoms with Crippen molar-refractivity contribution >= 4 is 28.7 Å². The highest BCUT2D eigenvalue weighted by Crippen LogP contribution is 2.46. The molecular weight excluding hydrogens is 494 g/mol. The summed E-state index contributed by atoms with van der Waals surface area (Å²) in [5.41, 5.74) is 10.7. The molecule has 1 unspecified atom stereocenters. The van der Waals surface area contributed by atoms with Gasteiger partial charge in [0.05, 0.1) is 22.4 Å². The molecule has 0 aromatic heterocycles. The minimum Gasteiger partial charge on any atom is -0.258 e. The van der Waals surface area contributed by atoms with Crippen LogP contribution in [-0.2, 0) is 0 Å². The van der Waals surface area contributed by atoms with E-state index in [4.69, 9.17) is 5.10 Å². The zero-order chi connectivity index (χ0) is 27.1. The third-order valence-corrected chi connectivity index (χ3v) is 7.68. The standard InChI is InChI=1S/C35H25N3O2/c39-38(40)28-19-20-31-29-13-7-8-14-30(29)32(33(31)22-28)21-24-15-17-27(18-16-24)37-35(26-11-5-2-6-12-26)23-34(36-37)25-9-3-1-4-10-25/h1-22,35H,23H2/b32-21-. The Labute approximate surface area is 232 Å². The van der Waals surface area contributed by atoms with E-state index in [2.05, 4.69) is 83.9 Å². The van der Waals surface area contributed by atoms with Gasteiger partial charge in [0, 0.05) is 18.6 Å². The summed E-state index contributed by atoms with van der Waals surface area (Å²) in [5, 5.41) is 18.7. The summed E-state index contributed by atoms with van der Waals surface area (Å²) in [5.74, 6) is 0. The van der Waals surface area contributed by atoms with Crippen LogP contribution in [0.4, 0.5) is 11.4 Å². The maximum atomic E-state index is 11.5. The quantitative estimate of drug-likeness (QED) is 0.169. The van der Waals surface area contributed by atoms with Crippen LogP contribution in [0, 0.1) is 10.1 Å². The zero-order valence-corrected chi connectivity index (χ0v) is 21.6.